The van der Waals surface area contributed by atoms with E-state index in [1.54, 1.807) is 29.6 Å². The van der Waals surface area contributed by atoms with Gasteiger partial charge in [0, 0.05) is 31.3 Å². The van der Waals surface area contributed by atoms with Crippen LogP contribution < -0.4 is 10.2 Å². The first-order chi connectivity index (χ1) is 24.2. The van der Waals surface area contributed by atoms with E-state index >= 15 is 0 Å². The summed E-state index contributed by atoms with van der Waals surface area (Å²) in [7, 11) is 0. The van der Waals surface area contributed by atoms with Crippen molar-refractivity contribution in [2.24, 2.45) is 5.92 Å². The Hall–Kier alpha value is -5.31. The molecule has 10 nitrogen and oxygen atoms in total. The Kier molecular flexibility index (Phi) is 12.1. The number of carboxylic acid groups (broad SMARTS) is 1. The van der Waals surface area contributed by atoms with Gasteiger partial charge in [-0.2, -0.15) is 5.26 Å². The summed E-state index contributed by atoms with van der Waals surface area (Å²) in [6.07, 6.45) is 4.34. The van der Waals surface area contributed by atoms with Gasteiger partial charge in [0.2, 0.25) is 11.8 Å². The minimum Gasteiger partial charge on any atom is -0.480 e. The largest absolute Gasteiger partial charge is 0.480 e. The number of carbonyl (C=O) groups excluding carboxylic acids is 2. The minimum atomic E-state index is -1.09. The molecule has 0 fully saturated rings. The molecule has 258 valence electrons. The molecule has 0 aliphatic heterocycles. The quantitative estimate of drug-likeness (QED) is 0.128. The Morgan fingerprint density at radius 2 is 1.80 bits per heavy atom. The summed E-state index contributed by atoms with van der Waals surface area (Å²) in [5.41, 5.74) is 2.54. The molecule has 1 unspecified atom stereocenters. The van der Waals surface area contributed by atoms with Gasteiger partial charge in [-0.3, -0.25) is 19.4 Å². The van der Waals surface area contributed by atoms with Crippen molar-refractivity contribution in [3.63, 3.8) is 0 Å². The smallest absolute Gasteiger partial charge is 0.326 e. The van der Waals surface area contributed by atoms with Crippen molar-refractivity contribution in [2.75, 3.05) is 18.0 Å². The Morgan fingerprint density at radius 1 is 1.04 bits per heavy atom. The topological polar surface area (TPSA) is 132 Å². The van der Waals surface area contributed by atoms with Gasteiger partial charge >= 0.3 is 5.97 Å². The van der Waals surface area contributed by atoms with Crippen molar-refractivity contribution in [2.45, 2.75) is 58.8 Å². The predicted octanol–water partition coefficient (Wildman–Crippen LogP) is 6.10. The number of imidazole rings is 1. The third kappa shape index (κ3) is 9.02. The highest BCUT2D eigenvalue weighted by Gasteiger charge is 2.32. The highest BCUT2D eigenvalue weighted by atomic mass is 32.1. The van der Waals surface area contributed by atoms with Gasteiger partial charge < -0.3 is 15.0 Å². The van der Waals surface area contributed by atoms with E-state index in [4.69, 9.17) is 0 Å². The summed E-state index contributed by atoms with van der Waals surface area (Å²) in [6, 6.07) is 25.9. The third-order valence-electron chi connectivity index (χ3n) is 9.05. The van der Waals surface area contributed by atoms with Crippen LogP contribution in [0.3, 0.4) is 0 Å². The van der Waals surface area contributed by atoms with E-state index in [0.717, 1.165) is 33.2 Å². The molecule has 5 rings (SSSR count). The fraction of sp³-hybridized carbons (Fsp3) is 0.308. The maximum absolute atomic E-state index is 13.7. The van der Waals surface area contributed by atoms with Gasteiger partial charge in [0.1, 0.15) is 11.9 Å². The SMILES string of the molecule is CC[C@H](C)[C@@H](CN(CC(=O)NC(Cc1cccs1)C(=O)O)Cc1cccc2ccccc12)N(C(C)=O)c1cncn1Cc1ccc(C#N)cc1. The molecule has 5 aromatic rings. The zero-order valence-electron chi connectivity index (χ0n) is 28.5. The summed E-state index contributed by atoms with van der Waals surface area (Å²) < 4.78 is 1.92. The highest BCUT2D eigenvalue weighted by Crippen LogP contribution is 2.27. The Bertz CT molecular complexity index is 1940. The van der Waals surface area contributed by atoms with Crippen LogP contribution in [0.2, 0.25) is 0 Å². The lowest BCUT2D eigenvalue weighted by Gasteiger charge is -2.38. The minimum absolute atomic E-state index is 0.0286. The zero-order chi connectivity index (χ0) is 35.6. The zero-order valence-corrected chi connectivity index (χ0v) is 29.3. The highest BCUT2D eigenvalue weighted by molar-refractivity contribution is 7.09. The van der Waals surface area contributed by atoms with E-state index in [0.29, 0.717) is 31.0 Å². The molecule has 0 saturated carbocycles. The summed E-state index contributed by atoms with van der Waals surface area (Å²) in [4.78, 5) is 48.5. The van der Waals surface area contributed by atoms with E-state index in [1.165, 1.54) is 18.3 Å². The molecule has 2 N–H and O–H groups in total. The van der Waals surface area contributed by atoms with E-state index in [1.807, 2.05) is 75.5 Å². The second-order valence-corrected chi connectivity index (χ2v) is 13.6. The van der Waals surface area contributed by atoms with Gasteiger partial charge in [-0.1, -0.05) is 80.9 Å². The van der Waals surface area contributed by atoms with Crippen LogP contribution in [0, 0.1) is 17.2 Å². The van der Waals surface area contributed by atoms with Crippen LogP contribution in [0.5, 0.6) is 0 Å². The second kappa shape index (κ2) is 16.9. The lowest BCUT2D eigenvalue weighted by molar-refractivity contribution is -0.142. The number of hydrogen-bond acceptors (Lipinski definition) is 7. The molecule has 11 heteroatoms. The van der Waals surface area contributed by atoms with Crippen LogP contribution in [0.15, 0.2) is 96.8 Å². The molecular formula is C39H42N6O4S. The molecule has 0 bridgehead atoms. The average Bonchev–Trinajstić information content (AvgIpc) is 3.80. The maximum atomic E-state index is 13.7. The van der Waals surface area contributed by atoms with Gasteiger partial charge in [-0.05, 0) is 51.4 Å². The number of amides is 2. The predicted molar refractivity (Wildman–Crippen MR) is 196 cm³/mol. The molecule has 2 aromatic heterocycles. The van der Waals surface area contributed by atoms with Crippen LogP contribution in [-0.4, -0.2) is 62.5 Å². The van der Waals surface area contributed by atoms with Crippen LogP contribution in [0.1, 0.15) is 48.8 Å². The van der Waals surface area contributed by atoms with Crippen LogP contribution in [0.4, 0.5) is 5.82 Å². The number of nitrogens with one attached hydrogen (secondary N) is 1. The lowest BCUT2D eigenvalue weighted by atomic mass is 9.96. The first kappa shape index (κ1) is 36.0. The number of anilines is 1. The van der Waals surface area contributed by atoms with E-state index in [-0.39, 0.29) is 30.8 Å². The number of aromatic nitrogens is 2. The maximum Gasteiger partial charge on any atom is 0.326 e. The number of carboxylic acids is 1. The van der Waals surface area contributed by atoms with Crippen LogP contribution in [-0.2, 0) is 33.9 Å². The number of carbonyl (C=O) groups is 3. The molecule has 0 aliphatic rings. The van der Waals surface area contributed by atoms with Crippen LogP contribution >= 0.6 is 11.3 Å². The van der Waals surface area contributed by atoms with Gasteiger partial charge in [-0.25, -0.2) is 9.78 Å². The fourth-order valence-corrected chi connectivity index (χ4v) is 7.02. The first-order valence-electron chi connectivity index (χ1n) is 16.7. The van der Waals surface area contributed by atoms with Crippen molar-refractivity contribution in [1.29, 1.82) is 5.26 Å². The number of benzene rings is 3. The summed E-state index contributed by atoms with van der Waals surface area (Å²) in [5, 5.41) is 26.0. The van der Waals surface area contributed by atoms with E-state index < -0.39 is 17.9 Å². The molecule has 0 aliphatic carbocycles. The molecule has 3 aromatic carbocycles. The fourth-order valence-electron chi connectivity index (χ4n) is 6.26. The summed E-state index contributed by atoms with van der Waals surface area (Å²) in [5.74, 6) is -1.00. The summed E-state index contributed by atoms with van der Waals surface area (Å²) >= 11 is 1.45. The number of hydrogen-bond donors (Lipinski definition) is 2. The van der Waals surface area contributed by atoms with Gasteiger partial charge in [0.25, 0.3) is 0 Å². The molecule has 2 heterocycles. The van der Waals surface area contributed by atoms with Crippen molar-refractivity contribution in [1.82, 2.24) is 19.8 Å². The molecule has 3 atom stereocenters. The molecule has 0 saturated heterocycles. The Labute approximate surface area is 296 Å². The number of fused-ring (bicyclic) bond motifs is 1. The standard InChI is InChI=1S/C39H42N6O4S/c1-4-27(2)36(45(28(3)46)38-21-41-26-44(38)22-30-16-14-29(20-40)15-17-30)24-43(23-32-11-7-10-31-9-5-6-13-34(31)32)25-37(47)42-35(39(48)49)19-33-12-8-18-50-33/h5-18,21,26-27,35-36H,4,19,22-25H2,1-3H3,(H,42,47)(H,48,49)/t27-,35?,36+/m0/s1. The Morgan fingerprint density at radius 3 is 2.48 bits per heavy atom. The van der Waals surface area contributed by atoms with Crippen molar-refractivity contribution >= 4 is 45.7 Å². The van der Waals surface area contributed by atoms with E-state index in [9.17, 15) is 24.8 Å². The number of rotatable bonds is 16. The first-order valence-corrected chi connectivity index (χ1v) is 17.6. The van der Waals surface area contributed by atoms with E-state index in [2.05, 4.69) is 36.3 Å². The molecule has 0 radical (unpaired) electrons. The molecule has 50 heavy (non-hydrogen) atoms. The van der Waals surface area contributed by atoms with Crippen molar-refractivity contribution in [3.05, 3.63) is 118 Å². The van der Waals surface area contributed by atoms with Crippen LogP contribution in [0.25, 0.3) is 10.8 Å². The third-order valence-corrected chi connectivity index (χ3v) is 9.95. The normalized spacial score (nSPS) is 13.0. The molecule has 0 spiro atoms. The second-order valence-electron chi connectivity index (χ2n) is 12.6. The lowest BCUT2D eigenvalue weighted by Crippen LogP contribution is -2.53. The summed E-state index contributed by atoms with van der Waals surface area (Å²) in [6.45, 7) is 6.84. The number of aliphatic carboxylic acids is 1. The Balaban J connectivity index is 1.47. The molecule has 2 amide bonds. The van der Waals surface area contributed by atoms with Crippen molar-refractivity contribution in [3.8, 4) is 6.07 Å². The number of nitrogens with zero attached hydrogens (tertiary/aromatic N) is 5. The van der Waals surface area contributed by atoms with Gasteiger partial charge in [-0.15, -0.1) is 11.3 Å². The molecular weight excluding hydrogens is 649 g/mol. The average molecular weight is 691 g/mol. The monoisotopic (exact) mass is 690 g/mol. The van der Waals surface area contributed by atoms with Gasteiger partial charge in [0.15, 0.2) is 0 Å². The number of thiophene rings is 1. The number of nitriles is 1. The van der Waals surface area contributed by atoms with Crippen molar-refractivity contribution < 1.29 is 19.5 Å². The van der Waals surface area contributed by atoms with Gasteiger partial charge in [0.05, 0.1) is 43.3 Å².